The molecule has 0 spiro atoms. The van der Waals surface area contributed by atoms with E-state index in [1.165, 1.54) is 30.5 Å². The summed E-state index contributed by atoms with van der Waals surface area (Å²) in [7, 11) is 0. The molecule has 10 heteroatoms. The van der Waals surface area contributed by atoms with Crippen LogP contribution in [0.25, 0.3) is 0 Å². The number of alkyl halides is 6. The summed E-state index contributed by atoms with van der Waals surface area (Å²) in [5, 5.41) is 2.99. The zero-order valence-electron chi connectivity index (χ0n) is 15.3. The third-order valence-corrected chi connectivity index (χ3v) is 3.62. The largest absolute Gasteiger partial charge is 0.487 e. The molecule has 158 valence electrons. The number of hydrogen-bond donors (Lipinski definition) is 1. The Morgan fingerprint density at radius 3 is 2.14 bits per heavy atom. The van der Waals surface area contributed by atoms with E-state index in [2.05, 4.69) is 21.6 Å². The van der Waals surface area contributed by atoms with E-state index in [9.17, 15) is 26.3 Å². The standard InChI is InChI=1S/C19H18F6N2O2/c1-12(10-28-15-5-3-14(4-6-15)19(23,24)25)27-13(2)17-8-7-16(9-26-17)29-11-18(20,21)22/h3-9,13,27H,1,10-11H2,2H3. The maximum absolute atomic E-state index is 12.5. The summed E-state index contributed by atoms with van der Waals surface area (Å²) in [6.07, 6.45) is -7.67. The van der Waals surface area contributed by atoms with Gasteiger partial charge in [-0.15, -0.1) is 0 Å². The number of benzene rings is 1. The van der Waals surface area contributed by atoms with Gasteiger partial charge in [-0.2, -0.15) is 26.3 Å². The van der Waals surface area contributed by atoms with E-state index in [0.29, 0.717) is 11.4 Å². The Balaban J connectivity index is 1.82. The van der Waals surface area contributed by atoms with Gasteiger partial charge in [0.2, 0.25) is 0 Å². The predicted molar refractivity (Wildman–Crippen MR) is 93.4 cm³/mol. The molecule has 0 saturated heterocycles. The summed E-state index contributed by atoms with van der Waals surface area (Å²) < 4.78 is 84.0. The Morgan fingerprint density at radius 2 is 1.62 bits per heavy atom. The van der Waals surface area contributed by atoms with Gasteiger partial charge in [0.1, 0.15) is 18.1 Å². The van der Waals surface area contributed by atoms with E-state index >= 15 is 0 Å². The van der Waals surface area contributed by atoms with Gasteiger partial charge >= 0.3 is 12.4 Å². The lowest BCUT2D eigenvalue weighted by molar-refractivity contribution is -0.153. The average Bonchev–Trinajstić information content (AvgIpc) is 2.64. The molecule has 1 unspecified atom stereocenters. The summed E-state index contributed by atoms with van der Waals surface area (Å²) in [5.41, 5.74) is 0.195. The van der Waals surface area contributed by atoms with Crippen molar-refractivity contribution in [2.45, 2.75) is 25.3 Å². The monoisotopic (exact) mass is 420 g/mol. The molecule has 4 nitrogen and oxygen atoms in total. The highest BCUT2D eigenvalue weighted by molar-refractivity contribution is 5.29. The Labute approximate surface area is 163 Å². The topological polar surface area (TPSA) is 43.4 Å². The molecule has 0 aliphatic heterocycles. The minimum absolute atomic E-state index is 0.00246. The first-order valence-electron chi connectivity index (χ1n) is 8.34. The van der Waals surface area contributed by atoms with Gasteiger partial charge < -0.3 is 14.8 Å². The van der Waals surface area contributed by atoms with Gasteiger partial charge in [0.05, 0.1) is 23.5 Å². The van der Waals surface area contributed by atoms with Gasteiger partial charge in [-0.1, -0.05) is 6.58 Å². The number of ether oxygens (including phenoxy) is 2. The molecule has 1 heterocycles. The van der Waals surface area contributed by atoms with Crippen LogP contribution in [-0.4, -0.2) is 24.4 Å². The van der Waals surface area contributed by atoms with Gasteiger partial charge in [-0.25, -0.2) is 0 Å². The molecule has 0 radical (unpaired) electrons. The number of aromatic nitrogens is 1. The second-order valence-corrected chi connectivity index (χ2v) is 6.10. The Kier molecular flexibility index (Phi) is 6.99. The van der Waals surface area contributed by atoms with Gasteiger partial charge in [0, 0.05) is 5.70 Å². The molecule has 1 aromatic carbocycles. The molecule has 0 amide bonds. The quantitative estimate of drug-likeness (QED) is 0.590. The number of rotatable bonds is 8. The number of pyridine rings is 1. The van der Waals surface area contributed by atoms with E-state index in [1.54, 1.807) is 6.92 Å². The van der Waals surface area contributed by atoms with Crippen molar-refractivity contribution in [1.29, 1.82) is 0 Å². The molecule has 29 heavy (non-hydrogen) atoms. The van der Waals surface area contributed by atoms with Gasteiger partial charge in [-0.05, 0) is 43.3 Å². The average molecular weight is 420 g/mol. The van der Waals surface area contributed by atoms with Crippen molar-refractivity contribution < 1.29 is 35.8 Å². The highest BCUT2D eigenvalue weighted by atomic mass is 19.4. The summed E-state index contributed by atoms with van der Waals surface area (Å²) in [4.78, 5) is 4.04. The van der Waals surface area contributed by atoms with Gasteiger partial charge in [-0.3, -0.25) is 4.98 Å². The minimum atomic E-state index is -4.43. The molecule has 0 fully saturated rings. The Hall–Kier alpha value is -2.91. The first-order valence-corrected chi connectivity index (χ1v) is 8.34. The van der Waals surface area contributed by atoms with Gasteiger partial charge in [0.25, 0.3) is 0 Å². The summed E-state index contributed by atoms with van der Waals surface area (Å²) in [5.74, 6) is 0.237. The fraction of sp³-hybridized carbons (Fsp3) is 0.316. The van der Waals surface area contributed by atoms with Crippen molar-refractivity contribution >= 4 is 0 Å². The zero-order valence-corrected chi connectivity index (χ0v) is 15.3. The van der Waals surface area contributed by atoms with Crippen LogP contribution in [0.1, 0.15) is 24.2 Å². The first kappa shape index (κ1) is 22.4. The third kappa shape index (κ3) is 7.55. The fourth-order valence-corrected chi connectivity index (χ4v) is 2.23. The van der Waals surface area contributed by atoms with Crippen LogP contribution in [0.4, 0.5) is 26.3 Å². The lowest BCUT2D eigenvalue weighted by atomic mass is 10.2. The van der Waals surface area contributed by atoms with Crippen LogP contribution in [-0.2, 0) is 6.18 Å². The van der Waals surface area contributed by atoms with Crippen molar-refractivity contribution in [3.05, 3.63) is 66.1 Å². The highest BCUT2D eigenvalue weighted by Gasteiger charge is 2.30. The fourth-order valence-electron chi connectivity index (χ4n) is 2.23. The number of nitrogens with zero attached hydrogens (tertiary/aromatic N) is 1. The molecule has 0 aliphatic rings. The number of nitrogens with one attached hydrogen (secondary N) is 1. The van der Waals surface area contributed by atoms with Crippen molar-refractivity contribution in [2.75, 3.05) is 13.2 Å². The number of halogens is 6. The molecule has 0 saturated carbocycles. The molecule has 2 rings (SSSR count). The summed E-state index contributed by atoms with van der Waals surface area (Å²) >= 11 is 0. The maximum Gasteiger partial charge on any atom is 0.422 e. The van der Waals surface area contributed by atoms with Crippen LogP contribution in [0.5, 0.6) is 11.5 Å². The van der Waals surface area contributed by atoms with Crippen LogP contribution in [0.3, 0.4) is 0 Å². The van der Waals surface area contributed by atoms with Crippen LogP contribution in [0.2, 0.25) is 0 Å². The SMILES string of the molecule is C=C(COc1ccc(C(F)(F)F)cc1)NC(C)c1ccc(OCC(F)(F)F)cn1. The normalized spacial score (nSPS) is 12.9. The van der Waals surface area contributed by atoms with E-state index in [4.69, 9.17) is 4.74 Å². The molecule has 1 N–H and O–H groups in total. The molecular weight excluding hydrogens is 402 g/mol. The summed E-state index contributed by atoms with van der Waals surface area (Å²) in [6.45, 7) is 4.12. The lowest BCUT2D eigenvalue weighted by Crippen LogP contribution is -2.22. The first-order chi connectivity index (χ1) is 13.4. The summed E-state index contributed by atoms with van der Waals surface area (Å²) in [6, 6.07) is 6.79. The molecular formula is C19H18F6N2O2. The van der Waals surface area contributed by atoms with E-state index in [0.717, 1.165) is 12.1 Å². The van der Waals surface area contributed by atoms with Crippen LogP contribution in [0.15, 0.2) is 54.9 Å². The van der Waals surface area contributed by atoms with Gasteiger partial charge in [0.15, 0.2) is 6.61 Å². The van der Waals surface area contributed by atoms with E-state index in [1.807, 2.05) is 0 Å². The Morgan fingerprint density at radius 1 is 1.00 bits per heavy atom. The van der Waals surface area contributed by atoms with E-state index < -0.39 is 24.5 Å². The third-order valence-electron chi connectivity index (χ3n) is 3.62. The van der Waals surface area contributed by atoms with Crippen LogP contribution in [0, 0.1) is 0 Å². The second-order valence-electron chi connectivity index (χ2n) is 6.10. The van der Waals surface area contributed by atoms with Crippen LogP contribution < -0.4 is 14.8 Å². The number of hydrogen-bond acceptors (Lipinski definition) is 4. The molecule has 0 aliphatic carbocycles. The molecule has 0 bridgehead atoms. The zero-order chi connectivity index (χ0) is 21.7. The van der Waals surface area contributed by atoms with Crippen molar-refractivity contribution in [2.24, 2.45) is 0 Å². The Bertz CT molecular complexity index is 801. The lowest BCUT2D eigenvalue weighted by Gasteiger charge is -2.18. The van der Waals surface area contributed by atoms with Crippen LogP contribution >= 0.6 is 0 Å². The van der Waals surface area contributed by atoms with Crippen molar-refractivity contribution in [1.82, 2.24) is 10.3 Å². The molecule has 1 atom stereocenters. The van der Waals surface area contributed by atoms with E-state index in [-0.39, 0.29) is 24.1 Å². The van der Waals surface area contributed by atoms with Crippen molar-refractivity contribution in [3.63, 3.8) is 0 Å². The maximum atomic E-state index is 12.5. The minimum Gasteiger partial charge on any atom is -0.487 e. The second kappa shape index (κ2) is 9.06. The predicted octanol–water partition coefficient (Wildman–Crippen LogP) is 5.28. The molecule has 2 aromatic rings. The van der Waals surface area contributed by atoms with Crippen molar-refractivity contribution in [3.8, 4) is 11.5 Å². The highest BCUT2D eigenvalue weighted by Crippen LogP contribution is 2.30. The smallest absolute Gasteiger partial charge is 0.422 e. The molecule has 1 aromatic heterocycles.